The standard InChI is InChI=1S/C8H15NO2/c1-8(2,3)11-7(10)5-6-9-4/h6H,5H2,1-4H3. The fourth-order valence-corrected chi connectivity index (χ4v) is 0.549. The Labute approximate surface area is 67.5 Å². The quantitative estimate of drug-likeness (QED) is 0.449. The summed E-state index contributed by atoms with van der Waals surface area (Å²) in [5, 5.41) is 0. The first-order valence-electron chi connectivity index (χ1n) is 3.58. The molecule has 0 bridgehead atoms. The van der Waals surface area contributed by atoms with Crippen LogP contribution in [0.5, 0.6) is 0 Å². The second-order valence-corrected chi connectivity index (χ2v) is 3.23. The van der Waals surface area contributed by atoms with E-state index in [0.717, 1.165) is 0 Å². The van der Waals surface area contributed by atoms with Crippen molar-refractivity contribution in [2.75, 3.05) is 7.05 Å². The minimum Gasteiger partial charge on any atom is -0.460 e. The number of aliphatic imine (C=N–C) groups is 1. The Morgan fingerprint density at radius 3 is 2.45 bits per heavy atom. The van der Waals surface area contributed by atoms with Crippen LogP contribution in [-0.4, -0.2) is 24.8 Å². The van der Waals surface area contributed by atoms with Crippen molar-refractivity contribution in [2.24, 2.45) is 4.99 Å². The molecule has 11 heavy (non-hydrogen) atoms. The van der Waals surface area contributed by atoms with E-state index in [0.29, 0.717) is 0 Å². The van der Waals surface area contributed by atoms with Crippen LogP contribution in [0.15, 0.2) is 4.99 Å². The topological polar surface area (TPSA) is 38.7 Å². The predicted octanol–water partition coefficient (Wildman–Crippen LogP) is 1.42. The molecule has 0 aliphatic carbocycles. The number of rotatable bonds is 2. The minimum atomic E-state index is -0.390. The van der Waals surface area contributed by atoms with Crippen molar-refractivity contribution < 1.29 is 9.53 Å². The fraction of sp³-hybridized carbons (Fsp3) is 0.750. The lowest BCUT2D eigenvalue weighted by molar-refractivity contribution is -0.153. The molecular weight excluding hydrogens is 142 g/mol. The summed E-state index contributed by atoms with van der Waals surface area (Å²) in [5.41, 5.74) is -0.390. The zero-order chi connectivity index (χ0) is 8.91. The van der Waals surface area contributed by atoms with E-state index in [1.165, 1.54) is 6.21 Å². The second kappa shape index (κ2) is 4.11. The van der Waals surface area contributed by atoms with Gasteiger partial charge in [-0.2, -0.15) is 0 Å². The van der Waals surface area contributed by atoms with Crippen molar-refractivity contribution in [3.63, 3.8) is 0 Å². The summed E-state index contributed by atoms with van der Waals surface area (Å²) in [6.45, 7) is 5.52. The first-order valence-corrected chi connectivity index (χ1v) is 3.58. The van der Waals surface area contributed by atoms with Crippen LogP contribution in [0.3, 0.4) is 0 Å². The van der Waals surface area contributed by atoms with Crippen LogP contribution in [0.4, 0.5) is 0 Å². The van der Waals surface area contributed by atoms with Gasteiger partial charge in [0.1, 0.15) is 5.60 Å². The predicted molar refractivity (Wildman–Crippen MR) is 44.9 cm³/mol. The third-order valence-electron chi connectivity index (χ3n) is 0.861. The second-order valence-electron chi connectivity index (χ2n) is 3.23. The van der Waals surface area contributed by atoms with Crippen molar-refractivity contribution in [3.05, 3.63) is 0 Å². The summed E-state index contributed by atoms with van der Waals surface area (Å²) in [6.07, 6.45) is 1.79. The van der Waals surface area contributed by atoms with E-state index >= 15 is 0 Å². The SMILES string of the molecule is CN=CCC(=O)OC(C)(C)C. The van der Waals surface area contributed by atoms with E-state index in [2.05, 4.69) is 4.99 Å². The summed E-state index contributed by atoms with van der Waals surface area (Å²) in [4.78, 5) is 14.6. The van der Waals surface area contributed by atoms with Crippen LogP contribution in [0.1, 0.15) is 27.2 Å². The molecule has 0 radical (unpaired) electrons. The van der Waals surface area contributed by atoms with Gasteiger partial charge < -0.3 is 9.73 Å². The molecule has 0 aromatic carbocycles. The van der Waals surface area contributed by atoms with Crippen molar-refractivity contribution in [2.45, 2.75) is 32.8 Å². The summed E-state index contributed by atoms with van der Waals surface area (Å²) in [5.74, 6) is -0.233. The highest BCUT2D eigenvalue weighted by Gasteiger charge is 2.14. The highest BCUT2D eigenvalue weighted by Crippen LogP contribution is 2.07. The fourth-order valence-electron chi connectivity index (χ4n) is 0.549. The summed E-state index contributed by atoms with van der Waals surface area (Å²) in [7, 11) is 1.63. The van der Waals surface area contributed by atoms with Gasteiger partial charge in [-0.1, -0.05) is 0 Å². The molecular formula is C8H15NO2. The molecule has 0 aromatic heterocycles. The van der Waals surface area contributed by atoms with Crippen LogP contribution in [-0.2, 0) is 9.53 Å². The first-order chi connectivity index (χ1) is 4.95. The van der Waals surface area contributed by atoms with Gasteiger partial charge in [0.05, 0.1) is 6.42 Å². The minimum absolute atomic E-state index is 0.233. The summed E-state index contributed by atoms with van der Waals surface area (Å²) in [6, 6.07) is 0. The number of carbonyl (C=O) groups is 1. The van der Waals surface area contributed by atoms with Gasteiger partial charge in [-0.15, -0.1) is 0 Å². The van der Waals surface area contributed by atoms with Gasteiger partial charge in [0.25, 0.3) is 0 Å². The molecule has 0 aliphatic heterocycles. The van der Waals surface area contributed by atoms with Gasteiger partial charge in [-0.05, 0) is 20.8 Å². The number of ether oxygens (including phenoxy) is 1. The molecule has 0 unspecified atom stereocenters. The molecule has 3 heteroatoms. The lowest BCUT2D eigenvalue weighted by atomic mass is 10.2. The van der Waals surface area contributed by atoms with Crippen molar-refractivity contribution in [3.8, 4) is 0 Å². The van der Waals surface area contributed by atoms with Crippen LogP contribution in [0.25, 0.3) is 0 Å². The maximum absolute atomic E-state index is 10.9. The largest absolute Gasteiger partial charge is 0.460 e. The maximum Gasteiger partial charge on any atom is 0.311 e. The Morgan fingerprint density at radius 1 is 1.55 bits per heavy atom. The zero-order valence-electron chi connectivity index (χ0n) is 7.55. The van der Waals surface area contributed by atoms with Gasteiger partial charge in [0, 0.05) is 13.3 Å². The zero-order valence-corrected chi connectivity index (χ0v) is 7.55. The smallest absolute Gasteiger partial charge is 0.311 e. The van der Waals surface area contributed by atoms with Crippen LogP contribution >= 0.6 is 0 Å². The van der Waals surface area contributed by atoms with E-state index in [9.17, 15) is 4.79 Å². The van der Waals surface area contributed by atoms with Gasteiger partial charge >= 0.3 is 5.97 Å². The van der Waals surface area contributed by atoms with E-state index in [1.807, 2.05) is 20.8 Å². The third kappa shape index (κ3) is 7.03. The molecule has 64 valence electrons. The van der Waals surface area contributed by atoms with Crippen molar-refractivity contribution in [1.29, 1.82) is 0 Å². The lowest BCUT2D eigenvalue weighted by Gasteiger charge is -2.18. The van der Waals surface area contributed by atoms with Crippen molar-refractivity contribution in [1.82, 2.24) is 0 Å². The normalized spacial score (nSPS) is 12.0. The van der Waals surface area contributed by atoms with E-state index in [4.69, 9.17) is 4.74 Å². The Kier molecular flexibility index (Phi) is 3.79. The van der Waals surface area contributed by atoms with Crippen molar-refractivity contribution >= 4 is 12.2 Å². The first kappa shape index (κ1) is 10.1. The Hall–Kier alpha value is -0.860. The summed E-state index contributed by atoms with van der Waals surface area (Å²) >= 11 is 0. The number of carbonyl (C=O) groups excluding carboxylic acids is 1. The van der Waals surface area contributed by atoms with E-state index in [1.54, 1.807) is 7.05 Å². The van der Waals surface area contributed by atoms with E-state index < -0.39 is 5.60 Å². The van der Waals surface area contributed by atoms with Gasteiger partial charge in [-0.3, -0.25) is 4.79 Å². The highest BCUT2D eigenvalue weighted by atomic mass is 16.6. The molecule has 0 aromatic rings. The molecule has 0 atom stereocenters. The Bertz CT molecular complexity index is 156. The monoisotopic (exact) mass is 157 g/mol. The lowest BCUT2D eigenvalue weighted by Crippen LogP contribution is -2.23. The summed E-state index contributed by atoms with van der Waals surface area (Å²) < 4.78 is 5.01. The van der Waals surface area contributed by atoms with Gasteiger partial charge in [0.2, 0.25) is 0 Å². The van der Waals surface area contributed by atoms with E-state index in [-0.39, 0.29) is 12.4 Å². The number of hydrogen-bond donors (Lipinski definition) is 0. The molecule has 0 N–H and O–H groups in total. The van der Waals surface area contributed by atoms with Crippen LogP contribution in [0.2, 0.25) is 0 Å². The Morgan fingerprint density at radius 2 is 2.09 bits per heavy atom. The molecule has 0 spiro atoms. The molecule has 0 amide bonds. The highest BCUT2D eigenvalue weighted by molar-refractivity contribution is 5.86. The molecule has 0 aliphatic rings. The average Bonchev–Trinajstić information content (AvgIpc) is 1.79. The van der Waals surface area contributed by atoms with Crippen LogP contribution in [0, 0.1) is 0 Å². The molecule has 0 fully saturated rings. The molecule has 3 nitrogen and oxygen atoms in total. The molecule has 0 saturated carbocycles. The third-order valence-corrected chi connectivity index (χ3v) is 0.861. The molecule has 0 saturated heterocycles. The average molecular weight is 157 g/mol. The molecule has 0 heterocycles. The van der Waals surface area contributed by atoms with Crippen LogP contribution < -0.4 is 0 Å². The number of esters is 1. The maximum atomic E-state index is 10.9. The van der Waals surface area contributed by atoms with Gasteiger partial charge in [-0.25, -0.2) is 0 Å². The van der Waals surface area contributed by atoms with Gasteiger partial charge in [0.15, 0.2) is 0 Å². The Balaban J connectivity index is 3.70. The number of hydrogen-bond acceptors (Lipinski definition) is 3. The number of nitrogens with zero attached hydrogens (tertiary/aromatic N) is 1. The molecule has 0 rings (SSSR count).